The summed E-state index contributed by atoms with van der Waals surface area (Å²) in [5.41, 5.74) is 0. The van der Waals surface area contributed by atoms with Crippen molar-refractivity contribution in [2.24, 2.45) is 17.8 Å². The van der Waals surface area contributed by atoms with Crippen LogP contribution < -0.4 is 0 Å². The molecule has 2 aromatic heterocycles. The molecule has 0 aromatic carbocycles. The maximum atomic E-state index is 12.5. The summed E-state index contributed by atoms with van der Waals surface area (Å²) in [7, 11) is 0. The Morgan fingerprint density at radius 3 is 2.75 bits per heavy atom. The highest BCUT2D eigenvalue weighted by Gasteiger charge is 2.43. The molecular weight excluding hydrogens is 388 g/mol. The number of thioether (sulfide) groups is 1. The van der Waals surface area contributed by atoms with Gasteiger partial charge in [0, 0.05) is 19.1 Å². The van der Waals surface area contributed by atoms with Gasteiger partial charge >= 0.3 is 0 Å². The zero-order chi connectivity index (χ0) is 19.7. The van der Waals surface area contributed by atoms with Gasteiger partial charge in [0.25, 0.3) is 0 Å². The third-order valence-corrected chi connectivity index (χ3v) is 8.46. The van der Waals surface area contributed by atoms with Crippen LogP contribution >= 0.6 is 23.1 Å². The molecule has 0 radical (unpaired) electrons. The summed E-state index contributed by atoms with van der Waals surface area (Å²) >= 11 is 3.25. The second kappa shape index (κ2) is 8.57. The second-order valence-corrected chi connectivity index (χ2v) is 9.98. The summed E-state index contributed by atoms with van der Waals surface area (Å²) < 4.78 is 2.33. The standard InChI is InChI=1S/C21H30N4OS2/c1-4-24(5-2)19(26)13-28-21-23-22-20(18-7-6-10-27-18)25(21)14(3)17-12-15-8-9-16(17)11-15/h6-7,10,14-17H,4-5,8-9,11-13H2,1-3H3. The van der Waals surface area contributed by atoms with Crippen LogP contribution in [0, 0.1) is 17.8 Å². The molecule has 2 saturated carbocycles. The molecule has 0 saturated heterocycles. The summed E-state index contributed by atoms with van der Waals surface area (Å²) in [5, 5.41) is 12.1. The third kappa shape index (κ3) is 3.75. The number of nitrogens with zero attached hydrogens (tertiary/aromatic N) is 4. The maximum Gasteiger partial charge on any atom is 0.233 e. The number of hydrogen-bond acceptors (Lipinski definition) is 5. The van der Waals surface area contributed by atoms with E-state index in [0.717, 1.165) is 40.8 Å². The Morgan fingerprint density at radius 1 is 1.32 bits per heavy atom. The minimum atomic E-state index is 0.176. The summed E-state index contributed by atoms with van der Waals surface area (Å²) in [6.45, 7) is 7.90. The number of fused-ring (bicyclic) bond motifs is 2. The normalized spacial score (nSPS) is 24.6. The summed E-state index contributed by atoms with van der Waals surface area (Å²) in [4.78, 5) is 15.5. The molecule has 2 aromatic rings. The van der Waals surface area contributed by atoms with Crippen molar-refractivity contribution in [2.45, 2.75) is 57.7 Å². The van der Waals surface area contributed by atoms with Crippen LogP contribution in [0.1, 0.15) is 52.5 Å². The van der Waals surface area contributed by atoms with Crippen LogP contribution in [0.2, 0.25) is 0 Å². The van der Waals surface area contributed by atoms with E-state index in [1.54, 1.807) is 23.1 Å². The lowest BCUT2D eigenvalue weighted by atomic mass is 9.84. The van der Waals surface area contributed by atoms with Gasteiger partial charge in [0.05, 0.1) is 10.6 Å². The van der Waals surface area contributed by atoms with Crippen LogP contribution in [0.5, 0.6) is 0 Å². The van der Waals surface area contributed by atoms with Crippen molar-refractivity contribution >= 4 is 29.0 Å². The molecule has 5 nitrogen and oxygen atoms in total. The largest absolute Gasteiger partial charge is 0.343 e. The van der Waals surface area contributed by atoms with Crippen molar-refractivity contribution in [1.29, 1.82) is 0 Å². The molecule has 2 fully saturated rings. The molecule has 7 heteroatoms. The molecule has 2 heterocycles. The Morgan fingerprint density at radius 2 is 2.14 bits per heavy atom. The first kappa shape index (κ1) is 20.0. The molecule has 152 valence electrons. The van der Waals surface area contributed by atoms with E-state index in [1.165, 1.54) is 25.7 Å². The molecule has 2 aliphatic rings. The smallest absolute Gasteiger partial charge is 0.233 e. The number of amides is 1. The third-order valence-electron chi connectivity index (χ3n) is 6.67. The second-order valence-electron chi connectivity index (χ2n) is 8.09. The van der Waals surface area contributed by atoms with E-state index in [4.69, 9.17) is 0 Å². The van der Waals surface area contributed by atoms with Gasteiger partial charge in [0.1, 0.15) is 0 Å². The maximum absolute atomic E-state index is 12.5. The van der Waals surface area contributed by atoms with Gasteiger partial charge in [0.15, 0.2) is 11.0 Å². The van der Waals surface area contributed by atoms with Gasteiger partial charge in [-0.3, -0.25) is 9.36 Å². The van der Waals surface area contributed by atoms with Gasteiger partial charge in [-0.15, -0.1) is 21.5 Å². The van der Waals surface area contributed by atoms with E-state index >= 15 is 0 Å². The minimum absolute atomic E-state index is 0.176. The average Bonchev–Trinajstić information content (AvgIpc) is 3.50. The summed E-state index contributed by atoms with van der Waals surface area (Å²) in [5.74, 6) is 4.02. The minimum Gasteiger partial charge on any atom is -0.343 e. The molecule has 4 rings (SSSR count). The van der Waals surface area contributed by atoms with E-state index in [1.807, 2.05) is 18.7 Å². The molecule has 4 unspecified atom stereocenters. The van der Waals surface area contributed by atoms with Crippen LogP contribution in [0.4, 0.5) is 0 Å². The Hall–Kier alpha value is -1.34. The number of thiophene rings is 1. The Labute approximate surface area is 175 Å². The van der Waals surface area contributed by atoms with E-state index in [0.29, 0.717) is 17.7 Å². The van der Waals surface area contributed by atoms with Gasteiger partial charge < -0.3 is 4.90 Å². The number of aromatic nitrogens is 3. The molecule has 4 atom stereocenters. The van der Waals surface area contributed by atoms with E-state index in [9.17, 15) is 4.79 Å². The van der Waals surface area contributed by atoms with Crippen molar-refractivity contribution < 1.29 is 4.79 Å². The first-order chi connectivity index (χ1) is 13.6. The fraction of sp³-hybridized carbons (Fsp3) is 0.667. The predicted octanol–water partition coefficient (Wildman–Crippen LogP) is 4.96. The monoisotopic (exact) mass is 418 g/mol. The van der Waals surface area contributed by atoms with Crippen LogP contribution in [-0.2, 0) is 4.79 Å². The number of carbonyl (C=O) groups is 1. The van der Waals surface area contributed by atoms with Crippen molar-refractivity contribution in [3.63, 3.8) is 0 Å². The quantitative estimate of drug-likeness (QED) is 0.568. The molecular formula is C21H30N4OS2. The van der Waals surface area contributed by atoms with Crippen molar-refractivity contribution in [2.75, 3.05) is 18.8 Å². The lowest BCUT2D eigenvalue weighted by Gasteiger charge is -2.30. The summed E-state index contributed by atoms with van der Waals surface area (Å²) in [6, 6.07) is 4.56. The molecule has 0 N–H and O–H groups in total. The van der Waals surface area contributed by atoms with Gasteiger partial charge in [-0.1, -0.05) is 24.2 Å². The lowest BCUT2D eigenvalue weighted by Crippen LogP contribution is -2.32. The Balaban J connectivity index is 1.59. The van der Waals surface area contributed by atoms with Crippen molar-refractivity contribution in [1.82, 2.24) is 19.7 Å². The number of hydrogen-bond donors (Lipinski definition) is 0. The molecule has 28 heavy (non-hydrogen) atoms. The summed E-state index contributed by atoms with van der Waals surface area (Å²) in [6.07, 6.45) is 5.51. The highest BCUT2D eigenvalue weighted by atomic mass is 32.2. The van der Waals surface area contributed by atoms with Gasteiger partial charge in [-0.05, 0) is 69.2 Å². The zero-order valence-electron chi connectivity index (χ0n) is 17.0. The first-order valence-electron chi connectivity index (χ1n) is 10.5. The average molecular weight is 419 g/mol. The highest BCUT2D eigenvalue weighted by molar-refractivity contribution is 7.99. The molecule has 0 spiro atoms. The fourth-order valence-electron chi connectivity index (χ4n) is 5.19. The SMILES string of the molecule is CCN(CC)C(=O)CSc1nnc(-c2cccs2)n1C(C)C1CC2CCC1C2. The number of rotatable bonds is 8. The van der Waals surface area contributed by atoms with Crippen molar-refractivity contribution in [3.8, 4) is 10.7 Å². The predicted molar refractivity (Wildman–Crippen MR) is 116 cm³/mol. The molecule has 1 amide bonds. The van der Waals surface area contributed by atoms with Crippen LogP contribution in [-0.4, -0.2) is 44.4 Å². The first-order valence-corrected chi connectivity index (χ1v) is 12.4. The molecule has 2 aliphatic carbocycles. The van der Waals surface area contributed by atoms with Gasteiger partial charge in [-0.2, -0.15) is 0 Å². The van der Waals surface area contributed by atoms with Crippen molar-refractivity contribution in [3.05, 3.63) is 17.5 Å². The fourth-order valence-corrected chi connectivity index (χ4v) is 6.82. The van der Waals surface area contributed by atoms with E-state index in [2.05, 4.69) is 39.2 Å². The van der Waals surface area contributed by atoms with Crippen LogP contribution in [0.3, 0.4) is 0 Å². The lowest BCUT2D eigenvalue weighted by molar-refractivity contribution is -0.127. The van der Waals surface area contributed by atoms with Gasteiger partial charge in [0.2, 0.25) is 5.91 Å². The topological polar surface area (TPSA) is 51.0 Å². The zero-order valence-corrected chi connectivity index (χ0v) is 18.6. The van der Waals surface area contributed by atoms with Crippen LogP contribution in [0.25, 0.3) is 10.7 Å². The van der Waals surface area contributed by atoms with Crippen LogP contribution in [0.15, 0.2) is 22.7 Å². The van der Waals surface area contributed by atoms with E-state index < -0.39 is 0 Å². The van der Waals surface area contributed by atoms with E-state index in [-0.39, 0.29) is 5.91 Å². The number of carbonyl (C=O) groups excluding carboxylic acids is 1. The molecule has 0 aliphatic heterocycles. The van der Waals surface area contributed by atoms with Gasteiger partial charge in [-0.25, -0.2) is 0 Å². The Bertz CT molecular complexity index is 799. The molecule has 2 bridgehead atoms. The Kier molecular flexibility index (Phi) is 6.11. The highest BCUT2D eigenvalue weighted by Crippen LogP contribution is 2.53.